The summed E-state index contributed by atoms with van der Waals surface area (Å²) in [6.07, 6.45) is 6.83. The largest absolute Gasteiger partial charge is 0.360 e. The van der Waals surface area contributed by atoms with Gasteiger partial charge in [-0.3, -0.25) is 9.78 Å². The number of aromatic nitrogens is 5. The van der Waals surface area contributed by atoms with E-state index in [1.165, 1.54) is 6.33 Å². The molecule has 1 saturated heterocycles. The Labute approximate surface area is 223 Å². The number of hydrogen-bond donors (Lipinski definition) is 2. The Hall–Kier alpha value is -3.75. The Morgan fingerprint density at radius 3 is 2.78 bits per heavy atom. The molecule has 8 nitrogen and oxygen atoms in total. The van der Waals surface area contributed by atoms with E-state index >= 15 is 0 Å². The highest BCUT2D eigenvalue weighted by Crippen LogP contribution is 2.35. The molecule has 186 valence electrons. The van der Waals surface area contributed by atoms with Gasteiger partial charge in [0, 0.05) is 29.3 Å². The molecule has 0 bridgehead atoms. The van der Waals surface area contributed by atoms with Gasteiger partial charge < -0.3 is 15.2 Å². The van der Waals surface area contributed by atoms with Crippen LogP contribution in [-0.2, 0) is 0 Å². The average Bonchev–Trinajstić information content (AvgIpc) is 3.56. The summed E-state index contributed by atoms with van der Waals surface area (Å²) in [5.41, 5.74) is 3.84. The molecule has 1 aliphatic rings. The first-order valence-corrected chi connectivity index (χ1v) is 12.8. The van der Waals surface area contributed by atoms with Crippen LogP contribution in [0.5, 0.6) is 0 Å². The van der Waals surface area contributed by atoms with Crippen LogP contribution >= 0.6 is 23.2 Å². The lowest BCUT2D eigenvalue weighted by Crippen LogP contribution is -2.30. The molecule has 10 heteroatoms. The van der Waals surface area contributed by atoms with E-state index in [9.17, 15) is 4.79 Å². The number of carbonyl (C=O) groups excluding carboxylic acids is 1. The minimum atomic E-state index is -0.185. The number of fused-ring (bicyclic) bond motifs is 2. The van der Waals surface area contributed by atoms with E-state index in [0.717, 1.165) is 40.6 Å². The van der Waals surface area contributed by atoms with Crippen LogP contribution in [0.15, 0.2) is 61.2 Å². The van der Waals surface area contributed by atoms with Crippen LogP contribution in [0.2, 0.25) is 10.0 Å². The third kappa shape index (κ3) is 4.47. The highest BCUT2D eigenvalue weighted by atomic mass is 35.5. The number of aromatic amines is 1. The standard InChI is InChI=1S/C27H23Cl2N7O/c1-15(25-34-21-5-4-17(28)11-23(21)35-25)33-26-19-12-20(29)18(13-22(19)31-14-32-26)27(37)36-10-2-3-24(36)16-6-8-30-9-7-16/h4-9,11-15,24H,2-3,10H2,1H3,(H,34,35)(H,31,32,33)/t15-,24-/m0/s1. The van der Waals surface area contributed by atoms with E-state index in [-0.39, 0.29) is 18.0 Å². The summed E-state index contributed by atoms with van der Waals surface area (Å²) in [4.78, 5) is 36.4. The summed E-state index contributed by atoms with van der Waals surface area (Å²) >= 11 is 12.8. The number of rotatable bonds is 5. The number of likely N-dealkylation sites (tertiary alicyclic amines) is 1. The summed E-state index contributed by atoms with van der Waals surface area (Å²) in [6, 6.07) is 12.8. The van der Waals surface area contributed by atoms with Crippen molar-refractivity contribution in [2.45, 2.75) is 31.8 Å². The van der Waals surface area contributed by atoms with Crippen molar-refractivity contribution in [2.75, 3.05) is 11.9 Å². The smallest absolute Gasteiger partial charge is 0.255 e. The number of imidazole rings is 1. The molecular weight excluding hydrogens is 509 g/mol. The van der Waals surface area contributed by atoms with Gasteiger partial charge in [-0.2, -0.15) is 0 Å². The summed E-state index contributed by atoms with van der Waals surface area (Å²) in [6.45, 7) is 2.66. The summed E-state index contributed by atoms with van der Waals surface area (Å²) in [7, 11) is 0. The maximum absolute atomic E-state index is 13.6. The minimum Gasteiger partial charge on any atom is -0.360 e. The van der Waals surface area contributed by atoms with E-state index in [4.69, 9.17) is 23.2 Å². The Kier molecular flexibility index (Phi) is 6.14. The topological polar surface area (TPSA) is 99.7 Å². The highest BCUT2D eigenvalue weighted by molar-refractivity contribution is 6.35. The number of benzene rings is 2. The third-order valence-electron chi connectivity index (χ3n) is 6.79. The van der Waals surface area contributed by atoms with Crippen molar-refractivity contribution in [3.63, 3.8) is 0 Å². The van der Waals surface area contributed by atoms with Gasteiger partial charge in [0.1, 0.15) is 18.0 Å². The molecule has 0 radical (unpaired) electrons. The Balaban J connectivity index is 1.29. The molecule has 4 heterocycles. The van der Waals surface area contributed by atoms with Crippen molar-refractivity contribution >= 4 is 56.9 Å². The van der Waals surface area contributed by atoms with Crippen LogP contribution in [-0.4, -0.2) is 42.3 Å². The maximum Gasteiger partial charge on any atom is 0.255 e. The normalized spacial score (nSPS) is 16.4. The number of amides is 1. The molecule has 0 spiro atoms. The zero-order chi connectivity index (χ0) is 25.5. The lowest BCUT2D eigenvalue weighted by atomic mass is 10.0. The van der Waals surface area contributed by atoms with Crippen molar-refractivity contribution < 1.29 is 4.79 Å². The van der Waals surface area contributed by atoms with Gasteiger partial charge in [-0.05, 0) is 67.8 Å². The number of nitrogens with one attached hydrogen (secondary N) is 2. The van der Waals surface area contributed by atoms with Crippen LogP contribution in [0.4, 0.5) is 5.82 Å². The summed E-state index contributed by atoms with van der Waals surface area (Å²) < 4.78 is 0. The predicted molar refractivity (Wildman–Crippen MR) is 145 cm³/mol. The second kappa shape index (κ2) is 9.61. The number of hydrogen-bond acceptors (Lipinski definition) is 6. The Morgan fingerprint density at radius 1 is 1.11 bits per heavy atom. The molecule has 2 atom stereocenters. The zero-order valence-corrected chi connectivity index (χ0v) is 21.5. The van der Waals surface area contributed by atoms with Crippen molar-refractivity contribution in [2.24, 2.45) is 0 Å². The van der Waals surface area contributed by atoms with Gasteiger partial charge >= 0.3 is 0 Å². The molecule has 1 aliphatic heterocycles. The van der Waals surface area contributed by atoms with Crippen LogP contribution < -0.4 is 5.32 Å². The van der Waals surface area contributed by atoms with Crippen LogP contribution in [0.3, 0.4) is 0 Å². The van der Waals surface area contributed by atoms with Gasteiger partial charge in [-0.1, -0.05) is 23.2 Å². The molecular formula is C27H23Cl2N7O. The maximum atomic E-state index is 13.6. The van der Waals surface area contributed by atoms with Crippen LogP contribution in [0, 0.1) is 0 Å². The number of nitrogens with zero attached hydrogens (tertiary/aromatic N) is 5. The lowest BCUT2D eigenvalue weighted by molar-refractivity contribution is 0.0736. The van der Waals surface area contributed by atoms with Gasteiger partial charge in [0.15, 0.2) is 0 Å². The first kappa shape index (κ1) is 23.6. The minimum absolute atomic E-state index is 0.00410. The van der Waals surface area contributed by atoms with Gasteiger partial charge in [0.25, 0.3) is 5.91 Å². The fourth-order valence-corrected chi connectivity index (χ4v) is 5.34. The van der Waals surface area contributed by atoms with E-state index in [0.29, 0.717) is 33.5 Å². The number of anilines is 1. The average molecular weight is 532 g/mol. The molecule has 37 heavy (non-hydrogen) atoms. The van der Waals surface area contributed by atoms with E-state index in [1.54, 1.807) is 24.5 Å². The van der Waals surface area contributed by atoms with Crippen molar-refractivity contribution in [3.8, 4) is 0 Å². The molecule has 3 aromatic heterocycles. The summed E-state index contributed by atoms with van der Waals surface area (Å²) in [5, 5.41) is 5.12. The molecule has 5 aromatic rings. The lowest BCUT2D eigenvalue weighted by Gasteiger charge is -2.25. The molecule has 6 rings (SSSR count). The molecule has 2 N–H and O–H groups in total. The molecule has 1 fully saturated rings. The second-order valence-electron chi connectivity index (χ2n) is 9.16. The number of H-pyrrole nitrogens is 1. The molecule has 1 amide bonds. The first-order chi connectivity index (χ1) is 18.0. The quantitative estimate of drug-likeness (QED) is 0.273. The van der Waals surface area contributed by atoms with Crippen LogP contribution in [0.25, 0.3) is 21.9 Å². The highest BCUT2D eigenvalue weighted by Gasteiger charge is 2.32. The van der Waals surface area contributed by atoms with Gasteiger partial charge in [0.2, 0.25) is 0 Å². The summed E-state index contributed by atoms with van der Waals surface area (Å²) in [5.74, 6) is 1.25. The van der Waals surface area contributed by atoms with E-state index in [2.05, 4.69) is 30.2 Å². The van der Waals surface area contributed by atoms with E-state index < -0.39 is 0 Å². The number of pyridine rings is 1. The zero-order valence-electron chi connectivity index (χ0n) is 19.9. The number of halogens is 2. The van der Waals surface area contributed by atoms with Gasteiger partial charge in [-0.15, -0.1) is 0 Å². The fourth-order valence-electron chi connectivity index (χ4n) is 4.93. The van der Waals surface area contributed by atoms with Gasteiger partial charge in [0.05, 0.1) is 39.2 Å². The first-order valence-electron chi connectivity index (χ1n) is 12.0. The van der Waals surface area contributed by atoms with E-state index in [1.807, 2.05) is 42.2 Å². The fraction of sp³-hybridized carbons (Fsp3) is 0.222. The predicted octanol–water partition coefficient (Wildman–Crippen LogP) is 6.36. The van der Waals surface area contributed by atoms with Crippen molar-refractivity contribution in [3.05, 3.63) is 88.2 Å². The van der Waals surface area contributed by atoms with Crippen molar-refractivity contribution in [1.82, 2.24) is 29.8 Å². The third-order valence-corrected chi connectivity index (χ3v) is 7.33. The molecule has 0 saturated carbocycles. The number of carbonyl (C=O) groups is 1. The van der Waals surface area contributed by atoms with Crippen molar-refractivity contribution in [1.29, 1.82) is 0 Å². The molecule has 2 aromatic carbocycles. The SMILES string of the molecule is C[C@H](Nc1ncnc2cc(C(=O)N3CCC[C@H]3c3ccncc3)c(Cl)cc12)c1nc2cc(Cl)ccc2[nH]1. The van der Waals surface area contributed by atoms with Crippen LogP contribution in [0.1, 0.15) is 53.6 Å². The second-order valence-corrected chi connectivity index (χ2v) is 10.0. The monoisotopic (exact) mass is 531 g/mol. The Bertz CT molecular complexity index is 1620. The molecule has 0 unspecified atom stereocenters. The Morgan fingerprint density at radius 2 is 1.95 bits per heavy atom. The molecule has 0 aliphatic carbocycles. The van der Waals surface area contributed by atoms with Gasteiger partial charge in [-0.25, -0.2) is 15.0 Å².